The van der Waals surface area contributed by atoms with Gasteiger partial charge < -0.3 is 29.4 Å². The Kier molecular flexibility index (Phi) is 6.57. The molecule has 0 unspecified atom stereocenters. The van der Waals surface area contributed by atoms with Crippen LogP contribution in [0.2, 0.25) is 0 Å². The molecule has 2 aliphatic rings. The molecule has 0 spiro atoms. The molecule has 2 aliphatic heterocycles. The molecule has 2 amide bonds. The summed E-state index contributed by atoms with van der Waals surface area (Å²) in [7, 11) is 0. The van der Waals surface area contributed by atoms with E-state index in [1.165, 1.54) is 0 Å². The molecule has 0 radical (unpaired) electrons. The van der Waals surface area contributed by atoms with Gasteiger partial charge in [-0.3, -0.25) is 9.59 Å². The zero-order chi connectivity index (χ0) is 23.5. The van der Waals surface area contributed by atoms with Crippen molar-refractivity contribution in [2.75, 3.05) is 26.5 Å². The Labute approximate surface area is 192 Å². The Balaban J connectivity index is 1.39. The number of esters is 1. The van der Waals surface area contributed by atoms with Crippen molar-refractivity contribution < 1.29 is 28.6 Å². The van der Waals surface area contributed by atoms with Crippen LogP contribution < -0.4 is 14.8 Å². The Bertz CT molecular complexity index is 1080. The van der Waals surface area contributed by atoms with Crippen LogP contribution in [0.5, 0.6) is 11.5 Å². The normalized spacial score (nSPS) is 17.1. The minimum absolute atomic E-state index is 0.0863. The molecule has 2 N–H and O–H groups in total. The van der Waals surface area contributed by atoms with Crippen LogP contribution in [0.1, 0.15) is 57.4 Å². The van der Waals surface area contributed by atoms with E-state index in [2.05, 4.69) is 10.3 Å². The van der Waals surface area contributed by atoms with Crippen LogP contribution >= 0.6 is 0 Å². The first kappa shape index (κ1) is 22.7. The molecule has 4 rings (SSSR count). The molecular weight excluding hydrogens is 426 g/mol. The Morgan fingerprint density at radius 2 is 2.00 bits per heavy atom. The number of benzene rings is 1. The highest BCUT2D eigenvalue weighted by atomic mass is 16.7. The summed E-state index contributed by atoms with van der Waals surface area (Å²) < 4.78 is 15.8. The fraction of sp³-hybridized carbons (Fsp3) is 0.458. The van der Waals surface area contributed by atoms with Gasteiger partial charge in [0.1, 0.15) is 5.69 Å². The van der Waals surface area contributed by atoms with Gasteiger partial charge in [-0.15, -0.1) is 0 Å². The van der Waals surface area contributed by atoms with Crippen LogP contribution in [0, 0.1) is 19.8 Å². The highest BCUT2D eigenvalue weighted by molar-refractivity contribution is 6.00. The molecule has 3 heterocycles. The number of nitrogens with zero attached hydrogens (tertiary/aromatic N) is 1. The van der Waals surface area contributed by atoms with Gasteiger partial charge in [0.15, 0.2) is 11.5 Å². The minimum Gasteiger partial charge on any atom is -0.462 e. The van der Waals surface area contributed by atoms with E-state index in [1.54, 1.807) is 25.7 Å². The molecule has 33 heavy (non-hydrogen) atoms. The molecule has 0 bridgehead atoms. The summed E-state index contributed by atoms with van der Waals surface area (Å²) in [4.78, 5) is 43.0. The number of rotatable bonds is 6. The fourth-order valence-corrected chi connectivity index (χ4v) is 4.39. The van der Waals surface area contributed by atoms with Crippen LogP contribution in [-0.2, 0) is 16.1 Å². The topological polar surface area (TPSA) is 110 Å². The number of carbonyl (C=O) groups is 3. The Morgan fingerprint density at radius 3 is 2.79 bits per heavy atom. The number of hydrogen-bond acceptors (Lipinski definition) is 6. The minimum atomic E-state index is -0.442. The van der Waals surface area contributed by atoms with Crippen molar-refractivity contribution in [2.45, 2.75) is 40.2 Å². The van der Waals surface area contributed by atoms with E-state index >= 15 is 0 Å². The zero-order valence-electron chi connectivity index (χ0n) is 19.2. The molecule has 176 valence electrons. The van der Waals surface area contributed by atoms with Crippen molar-refractivity contribution in [1.29, 1.82) is 0 Å². The molecule has 1 fully saturated rings. The number of amides is 2. The van der Waals surface area contributed by atoms with E-state index in [9.17, 15) is 14.4 Å². The largest absolute Gasteiger partial charge is 0.462 e. The van der Waals surface area contributed by atoms with Crippen molar-refractivity contribution in [1.82, 2.24) is 15.2 Å². The number of aromatic amines is 1. The molecule has 0 aliphatic carbocycles. The number of carbonyl (C=O) groups excluding carboxylic acids is 3. The lowest BCUT2D eigenvalue weighted by Crippen LogP contribution is -2.45. The number of ether oxygens (including phenoxy) is 3. The van der Waals surface area contributed by atoms with E-state index in [0.29, 0.717) is 60.1 Å². The van der Waals surface area contributed by atoms with Gasteiger partial charge in [0, 0.05) is 25.3 Å². The van der Waals surface area contributed by atoms with Gasteiger partial charge >= 0.3 is 5.97 Å². The van der Waals surface area contributed by atoms with Gasteiger partial charge in [-0.25, -0.2) is 4.79 Å². The average molecular weight is 456 g/mol. The third-order valence-electron chi connectivity index (χ3n) is 6.11. The summed E-state index contributed by atoms with van der Waals surface area (Å²) >= 11 is 0. The number of nitrogens with one attached hydrogen (secondary N) is 2. The standard InChI is InChI=1S/C24H29N3O6/c1-4-31-24(30)20-14(2)21(26-15(20)3)23(29)27-9-5-6-17(12-27)22(28)25-11-16-7-8-18-19(10-16)33-13-32-18/h7-8,10,17,26H,4-6,9,11-13H2,1-3H3,(H,25,28)/t17-/m0/s1. The lowest BCUT2D eigenvalue weighted by molar-refractivity contribution is -0.126. The molecular formula is C24H29N3O6. The van der Waals surface area contributed by atoms with E-state index in [1.807, 2.05) is 18.2 Å². The number of likely N-dealkylation sites (tertiary alicyclic amines) is 1. The number of hydrogen-bond donors (Lipinski definition) is 2. The highest BCUT2D eigenvalue weighted by Gasteiger charge is 2.31. The van der Waals surface area contributed by atoms with Gasteiger partial charge in [0.25, 0.3) is 5.91 Å². The van der Waals surface area contributed by atoms with Gasteiger partial charge in [0.05, 0.1) is 18.1 Å². The third-order valence-corrected chi connectivity index (χ3v) is 6.11. The van der Waals surface area contributed by atoms with Crippen LogP contribution in [-0.4, -0.2) is 54.2 Å². The fourth-order valence-electron chi connectivity index (χ4n) is 4.39. The molecule has 1 aromatic carbocycles. The van der Waals surface area contributed by atoms with E-state index in [-0.39, 0.29) is 31.1 Å². The van der Waals surface area contributed by atoms with Crippen LogP contribution in [0.15, 0.2) is 18.2 Å². The van der Waals surface area contributed by atoms with Crippen LogP contribution in [0.25, 0.3) is 0 Å². The second kappa shape index (κ2) is 9.56. The van der Waals surface area contributed by atoms with Gasteiger partial charge in [0.2, 0.25) is 12.7 Å². The molecule has 1 aromatic heterocycles. The van der Waals surface area contributed by atoms with Crippen LogP contribution in [0.4, 0.5) is 0 Å². The third kappa shape index (κ3) is 4.67. The van der Waals surface area contributed by atoms with Gasteiger partial charge in [-0.05, 0) is 56.9 Å². The summed E-state index contributed by atoms with van der Waals surface area (Å²) in [6.45, 7) is 6.97. The predicted octanol–water partition coefficient (Wildman–Crippen LogP) is 2.71. The summed E-state index contributed by atoms with van der Waals surface area (Å²) in [5, 5.41) is 2.97. The maximum Gasteiger partial charge on any atom is 0.340 e. The number of aryl methyl sites for hydroxylation is 1. The molecule has 2 aromatic rings. The van der Waals surface area contributed by atoms with Gasteiger partial charge in [-0.1, -0.05) is 6.07 Å². The summed E-state index contributed by atoms with van der Waals surface area (Å²) in [6.07, 6.45) is 1.45. The number of H-pyrrole nitrogens is 1. The molecule has 0 saturated carbocycles. The van der Waals surface area contributed by atoms with Crippen molar-refractivity contribution >= 4 is 17.8 Å². The van der Waals surface area contributed by atoms with Crippen molar-refractivity contribution in [3.8, 4) is 11.5 Å². The zero-order valence-corrected chi connectivity index (χ0v) is 19.2. The second-order valence-corrected chi connectivity index (χ2v) is 8.34. The summed E-state index contributed by atoms with van der Waals surface area (Å²) in [5.74, 6) is 0.346. The van der Waals surface area contributed by atoms with Crippen molar-refractivity contribution in [2.24, 2.45) is 5.92 Å². The van der Waals surface area contributed by atoms with Crippen molar-refractivity contribution in [3.05, 3.63) is 46.3 Å². The first-order valence-electron chi connectivity index (χ1n) is 11.2. The summed E-state index contributed by atoms with van der Waals surface area (Å²) in [6, 6.07) is 5.58. The Hall–Kier alpha value is -3.49. The molecule has 1 atom stereocenters. The first-order valence-corrected chi connectivity index (χ1v) is 11.2. The van der Waals surface area contributed by atoms with E-state index in [4.69, 9.17) is 14.2 Å². The summed E-state index contributed by atoms with van der Waals surface area (Å²) in [5.41, 5.74) is 2.86. The number of fused-ring (bicyclic) bond motifs is 1. The monoisotopic (exact) mass is 455 g/mol. The predicted molar refractivity (Wildman–Crippen MR) is 119 cm³/mol. The number of aromatic nitrogens is 1. The molecule has 1 saturated heterocycles. The smallest absolute Gasteiger partial charge is 0.340 e. The van der Waals surface area contributed by atoms with Crippen LogP contribution in [0.3, 0.4) is 0 Å². The van der Waals surface area contributed by atoms with Gasteiger partial charge in [-0.2, -0.15) is 0 Å². The number of piperidine rings is 1. The maximum atomic E-state index is 13.2. The van der Waals surface area contributed by atoms with E-state index < -0.39 is 5.97 Å². The highest BCUT2D eigenvalue weighted by Crippen LogP contribution is 2.32. The lowest BCUT2D eigenvalue weighted by atomic mass is 9.96. The Morgan fingerprint density at radius 1 is 1.21 bits per heavy atom. The average Bonchev–Trinajstić information content (AvgIpc) is 3.40. The molecule has 9 heteroatoms. The SMILES string of the molecule is CCOC(=O)c1c(C)[nH]c(C(=O)N2CCC[C@H](C(=O)NCc3ccc4c(c3)OCO4)C2)c1C. The first-order chi connectivity index (χ1) is 15.9. The van der Waals surface area contributed by atoms with E-state index in [0.717, 1.165) is 12.0 Å². The quantitative estimate of drug-likeness (QED) is 0.648. The second-order valence-electron chi connectivity index (χ2n) is 8.34. The van der Waals surface area contributed by atoms with Crippen molar-refractivity contribution in [3.63, 3.8) is 0 Å². The lowest BCUT2D eigenvalue weighted by Gasteiger charge is -2.32. The molecule has 9 nitrogen and oxygen atoms in total. The maximum absolute atomic E-state index is 13.2.